The van der Waals surface area contributed by atoms with Crippen molar-refractivity contribution in [1.82, 2.24) is 10.2 Å². The zero-order valence-corrected chi connectivity index (χ0v) is 22.2. The number of anilines is 1. The maximum atomic E-state index is 13.2. The van der Waals surface area contributed by atoms with E-state index in [1.54, 1.807) is 54.3 Å². The lowest BCUT2D eigenvalue weighted by Gasteiger charge is -2.35. The van der Waals surface area contributed by atoms with Gasteiger partial charge in [0.05, 0.1) is 32.4 Å². The van der Waals surface area contributed by atoms with E-state index in [1.165, 1.54) is 14.2 Å². The number of allylic oxidation sites excluding steroid dienone is 1. The van der Waals surface area contributed by atoms with E-state index in [4.69, 9.17) is 14.2 Å². The molecule has 0 radical (unpaired) electrons. The molecule has 1 unspecified atom stereocenters. The van der Waals surface area contributed by atoms with Crippen LogP contribution in [0.2, 0.25) is 0 Å². The summed E-state index contributed by atoms with van der Waals surface area (Å²) in [6, 6.07) is 10.9. The molecule has 1 heterocycles. The number of methoxy groups -OCH3 is 2. The van der Waals surface area contributed by atoms with Gasteiger partial charge in [0.2, 0.25) is 0 Å². The van der Waals surface area contributed by atoms with Crippen molar-refractivity contribution in [2.24, 2.45) is 5.92 Å². The summed E-state index contributed by atoms with van der Waals surface area (Å²) >= 11 is 0. The van der Waals surface area contributed by atoms with Crippen LogP contribution < -0.4 is 20.1 Å². The monoisotopic (exact) mass is 509 g/mol. The minimum atomic E-state index is -0.728. The summed E-state index contributed by atoms with van der Waals surface area (Å²) in [6.45, 7) is 8.39. The van der Waals surface area contributed by atoms with Crippen LogP contribution in [0.4, 0.5) is 10.5 Å². The van der Waals surface area contributed by atoms with Crippen LogP contribution in [0.5, 0.6) is 11.5 Å². The largest absolute Gasteiger partial charge is 0.497 e. The molecule has 198 valence electrons. The summed E-state index contributed by atoms with van der Waals surface area (Å²) in [5, 5.41) is 5.81. The highest BCUT2D eigenvalue weighted by Gasteiger charge is 2.36. The van der Waals surface area contributed by atoms with Crippen molar-refractivity contribution >= 4 is 23.6 Å². The van der Waals surface area contributed by atoms with Crippen molar-refractivity contribution in [3.8, 4) is 11.5 Å². The number of carbonyl (C=O) groups is 3. The van der Waals surface area contributed by atoms with Gasteiger partial charge in [-0.15, -0.1) is 0 Å². The van der Waals surface area contributed by atoms with Crippen molar-refractivity contribution in [2.45, 2.75) is 40.2 Å². The molecular formula is C28H35N3O6. The second-order valence-corrected chi connectivity index (χ2v) is 9.21. The van der Waals surface area contributed by atoms with Crippen molar-refractivity contribution in [3.05, 3.63) is 64.9 Å². The number of nitrogens with one attached hydrogen (secondary N) is 2. The third-order valence-electron chi connectivity index (χ3n) is 5.90. The second kappa shape index (κ2) is 12.3. The van der Waals surface area contributed by atoms with Gasteiger partial charge < -0.3 is 24.8 Å². The number of hydrogen-bond acceptors (Lipinski definition) is 6. The van der Waals surface area contributed by atoms with E-state index in [2.05, 4.69) is 10.6 Å². The zero-order valence-electron chi connectivity index (χ0n) is 22.2. The Balaban J connectivity index is 1.93. The molecule has 2 aromatic rings. The predicted molar refractivity (Wildman–Crippen MR) is 141 cm³/mol. The Bertz CT molecular complexity index is 1170. The molecule has 0 aromatic heterocycles. The fourth-order valence-electron chi connectivity index (χ4n) is 4.05. The van der Waals surface area contributed by atoms with E-state index >= 15 is 0 Å². The number of hydrogen-bond donors (Lipinski definition) is 2. The van der Waals surface area contributed by atoms with Gasteiger partial charge >= 0.3 is 12.0 Å². The summed E-state index contributed by atoms with van der Waals surface area (Å²) < 4.78 is 16.1. The zero-order chi connectivity index (χ0) is 27.1. The third-order valence-corrected chi connectivity index (χ3v) is 5.90. The SMILES string of the molecule is CCCN1C(=O)NC(c2cccc(NC(=O)c3cc(OC)cc(OC)c3)c2)C(C(=O)OCC(C)C)=C1C. The van der Waals surface area contributed by atoms with Crippen LogP contribution >= 0.6 is 0 Å². The van der Waals surface area contributed by atoms with Crippen LogP contribution in [-0.4, -0.2) is 50.2 Å². The van der Waals surface area contributed by atoms with Crippen molar-refractivity contribution in [3.63, 3.8) is 0 Å². The second-order valence-electron chi connectivity index (χ2n) is 9.21. The van der Waals surface area contributed by atoms with Crippen LogP contribution in [0, 0.1) is 5.92 Å². The van der Waals surface area contributed by atoms with Crippen LogP contribution in [-0.2, 0) is 9.53 Å². The molecule has 9 heteroatoms. The number of ether oxygens (including phenoxy) is 3. The molecule has 0 aliphatic carbocycles. The fourth-order valence-corrected chi connectivity index (χ4v) is 4.05. The van der Waals surface area contributed by atoms with E-state index in [1.807, 2.05) is 20.8 Å². The number of esters is 1. The molecular weight excluding hydrogens is 474 g/mol. The van der Waals surface area contributed by atoms with E-state index in [-0.39, 0.29) is 24.5 Å². The molecule has 0 saturated heterocycles. The molecule has 1 aliphatic rings. The lowest BCUT2D eigenvalue weighted by molar-refractivity contribution is -0.140. The molecule has 2 aromatic carbocycles. The number of carbonyl (C=O) groups excluding carboxylic acids is 3. The number of benzene rings is 2. The number of amides is 3. The Kier molecular flexibility index (Phi) is 9.16. The summed E-state index contributed by atoms with van der Waals surface area (Å²) in [6.07, 6.45) is 0.736. The molecule has 1 atom stereocenters. The lowest BCUT2D eigenvalue weighted by atomic mass is 9.94. The molecule has 0 saturated carbocycles. The molecule has 2 N–H and O–H groups in total. The quantitative estimate of drug-likeness (QED) is 0.441. The maximum absolute atomic E-state index is 13.2. The molecule has 0 fully saturated rings. The van der Waals surface area contributed by atoms with Gasteiger partial charge in [-0.3, -0.25) is 9.69 Å². The molecule has 1 aliphatic heterocycles. The van der Waals surface area contributed by atoms with E-state index in [0.717, 1.165) is 6.42 Å². The van der Waals surface area contributed by atoms with Crippen LogP contribution in [0.25, 0.3) is 0 Å². The van der Waals surface area contributed by atoms with Crippen LogP contribution in [0.1, 0.15) is 56.1 Å². The van der Waals surface area contributed by atoms with Gasteiger partial charge in [-0.25, -0.2) is 9.59 Å². The van der Waals surface area contributed by atoms with Gasteiger partial charge in [-0.05, 0) is 49.1 Å². The van der Waals surface area contributed by atoms with E-state index < -0.39 is 12.0 Å². The highest BCUT2D eigenvalue weighted by atomic mass is 16.5. The molecule has 3 rings (SSSR count). The highest BCUT2D eigenvalue weighted by Crippen LogP contribution is 2.33. The molecule has 9 nitrogen and oxygen atoms in total. The molecule has 37 heavy (non-hydrogen) atoms. The average molecular weight is 510 g/mol. The highest BCUT2D eigenvalue weighted by molar-refractivity contribution is 6.05. The summed E-state index contributed by atoms with van der Waals surface area (Å²) in [5.41, 5.74) is 2.43. The first kappa shape index (κ1) is 27.6. The van der Waals surface area contributed by atoms with Gasteiger partial charge in [0.25, 0.3) is 5.91 Å². The van der Waals surface area contributed by atoms with Crippen LogP contribution in [0.3, 0.4) is 0 Å². The summed E-state index contributed by atoms with van der Waals surface area (Å²) in [4.78, 5) is 40.6. The minimum Gasteiger partial charge on any atom is -0.497 e. The van der Waals surface area contributed by atoms with Gasteiger partial charge in [0, 0.05) is 29.6 Å². The van der Waals surface area contributed by atoms with E-state index in [9.17, 15) is 14.4 Å². The maximum Gasteiger partial charge on any atom is 0.338 e. The summed E-state index contributed by atoms with van der Waals surface area (Å²) in [5.74, 6) is 0.312. The Labute approximate surface area is 217 Å². The predicted octanol–water partition coefficient (Wildman–Crippen LogP) is 4.91. The fraction of sp³-hybridized carbons (Fsp3) is 0.393. The first-order valence-corrected chi connectivity index (χ1v) is 12.3. The molecule has 0 bridgehead atoms. The first-order valence-electron chi connectivity index (χ1n) is 12.3. The molecule has 0 spiro atoms. The lowest BCUT2D eigenvalue weighted by Crippen LogP contribution is -2.48. The van der Waals surface area contributed by atoms with E-state index in [0.29, 0.717) is 46.1 Å². The normalized spacial score (nSPS) is 15.4. The van der Waals surface area contributed by atoms with Gasteiger partial charge in [-0.1, -0.05) is 32.9 Å². The van der Waals surface area contributed by atoms with Gasteiger partial charge in [0.15, 0.2) is 0 Å². The summed E-state index contributed by atoms with van der Waals surface area (Å²) in [7, 11) is 3.03. The average Bonchev–Trinajstić information content (AvgIpc) is 2.89. The first-order chi connectivity index (χ1) is 17.7. The van der Waals surface area contributed by atoms with Crippen molar-refractivity contribution in [1.29, 1.82) is 0 Å². The minimum absolute atomic E-state index is 0.169. The Morgan fingerprint density at radius 2 is 1.76 bits per heavy atom. The standard InChI is InChI=1S/C28H35N3O6/c1-7-11-31-18(4)24(27(33)37-16-17(2)3)25(30-28(31)34)19-9-8-10-21(12-19)29-26(32)20-13-22(35-5)15-23(14-20)36-6/h8-10,12-15,17,25H,7,11,16H2,1-6H3,(H,29,32)(H,30,34). The number of rotatable bonds is 10. The Morgan fingerprint density at radius 3 is 2.35 bits per heavy atom. The number of nitrogens with zero attached hydrogens (tertiary/aromatic N) is 1. The topological polar surface area (TPSA) is 106 Å². The van der Waals surface area contributed by atoms with Gasteiger partial charge in [0.1, 0.15) is 11.5 Å². The Hall–Kier alpha value is -4.01. The third kappa shape index (κ3) is 6.61. The number of urea groups is 1. The van der Waals surface area contributed by atoms with Crippen LogP contribution in [0.15, 0.2) is 53.7 Å². The Morgan fingerprint density at radius 1 is 1.08 bits per heavy atom. The van der Waals surface area contributed by atoms with Gasteiger partial charge in [-0.2, -0.15) is 0 Å². The molecule has 3 amide bonds. The smallest absolute Gasteiger partial charge is 0.338 e. The van der Waals surface area contributed by atoms with Crippen molar-refractivity contribution in [2.75, 3.05) is 32.7 Å². The van der Waals surface area contributed by atoms with Crippen molar-refractivity contribution < 1.29 is 28.6 Å².